The number of aryl methyl sites for hydroxylation is 3. The average molecular weight is 419 g/mol. The Morgan fingerprint density at radius 2 is 1.55 bits per heavy atom. The summed E-state index contributed by atoms with van der Waals surface area (Å²) in [6.07, 6.45) is -1.00. The van der Waals surface area contributed by atoms with Gasteiger partial charge >= 0.3 is 5.97 Å². The first-order valence-corrected chi connectivity index (χ1v) is 9.96. The third kappa shape index (κ3) is 5.09. The molecule has 2 aromatic carbocycles. The number of ether oxygens (including phenoxy) is 1. The summed E-state index contributed by atoms with van der Waals surface area (Å²) in [5, 5.41) is 2.83. The van der Waals surface area contributed by atoms with Crippen LogP contribution in [0.15, 0.2) is 52.9 Å². The Morgan fingerprint density at radius 1 is 0.935 bits per heavy atom. The Hall–Kier alpha value is -3.67. The van der Waals surface area contributed by atoms with Crippen molar-refractivity contribution in [2.24, 2.45) is 0 Å². The normalized spacial score (nSPS) is 11.6. The van der Waals surface area contributed by atoms with Gasteiger partial charge in [0.05, 0.1) is 0 Å². The number of amides is 1. The molecule has 1 heterocycles. The summed E-state index contributed by atoms with van der Waals surface area (Å²) in [6.45, 7) is 8.83. The number of esters is 1. The van der Waals surface area contributed by atoms with E-state index in [4.69, 9.17) is 9.15 Å². The molecule has 1 atom stereocenters. The zero-order valence-corrected chi connectivity index (χ0v) is 18.2. The lowest BCUT2D eigenvalue weighted by Gasteiger charge is -2.16. The maximum Gasteiger partial charge on any atom is 0.375 e. The number of hydrogen-bond acceptors (Lipinski definition) is 5. The van der Waals surface area contributed by atoms with E-state index in [0.29, 0.717) is 17.0 Å². The number of Topliss-reactive ketones (excluding diaryl/α,β-unsaturated/α-hetero) is 1. The van der Waals surface area contributed by atoms with Gasteiger partial charge in [-0.2, -0.15) is 0 Å². The summed E-state index contributed by atoms with van der Waals surface area (Å²) < 4.78 is 10.9. The largest absolute Gasteiger partial charge is 0.449 e. The van der Waals surface area contributed by atoms with Crippen LogP contribution in [0.25, 0.3) is 11.3 Å². The number of carbonyl (C=O) groups is 3. The van der Waals surface area contributed by atoms with Gasteiger partial charge in [-0.25, -0.2) is 4.79 Å². The number of nitrogens with one attached hydrogen (secondary N) is 1. The molecule has 6 heteroatoms. The molecule has 0 spiro atoms. The monoisotopic (exact) mass is 419 g/mol. The minimum absolute atomic E-state index is 0.00649. The predicted octanol–water partition coefficient (Wildman–Crippen LogP) is 5.26. The van der Waals surface area contributed by atoms with E-state index in [2.05, 4.69) is 5.32 Å². The first kappa shape index (κ1) is 22.0. The molecule has 0 saturated carbocycles. The second-order valence-electron chi connectivity index (χ2n) is 7.61. The SMILES string of the molecule is CC(=O)c1ccc(-c2ccc(C(=O)O[C@@H](C)C(=O)Nc3c(C)cc(C)cc3C)o2)cc1. The molecule has 0 radical (unpaired) electrons. The molecule has 0 fully saturated rings. The van der Waals surface area contributed by atoms with E-state index >= 15 is 0 Å². The average Bonchev–Trinajstić information content (AvgIpc) is 3.21. The summed E-state index contributed by atoms with van der Waals surface area (Å²) in [5.74, 6) is -0.724. The molecular formula is C25H25NO5. The van der Waals surface area contributed by atoms with E-state index < -0.39 is 18.0 Å². The van der Waals surface area contributed by atoms with E-state index in [1.807, 2.05) is 32.9 Å². The molecular weight excluding hydrogens is 394 g/mol. The number of hydrogen-bond donors (Lipinski definition) is 1. The second-order valence-corrected chi connectivity index (χ2v) is 7.61. The van der Waals surface area contributed by atoms with Crippen LogP contribution in [0.5, 0.6) is 0 Å². The van der Waals surface area contributed by atoms with Crippen molar-refractivity contribution in [2.75, 3.05) is 5.32 Å². The summed E-state index contributed by atoms with van der Waals surface area (Å²) >= 11 is 0. The van der Waals surface area contributed by atoms with E-state index in [0.717, 1.165) is 22.3 Å². The van der Waals surface area contributed by atoms with E-state index in [-0.39, 0.29) is 11.5 Å². The smallest absolute Gasteiger partial charge is 0.375 e. The minimum Gasteiger partial charge on any atom is -0.449 e. The molecule has 3 rings (SSSR count). The number of ketones is 1. The molecule has 0 bridgehead atoms. The Labute approximate surface area is 181 Å². The van der Waals surface area contributed by atoms with E-state index in [1.54, 1.807) is 30.3 Å². The molecule has 6 nitrogen and oxygen atoms in total. The van der Waals surface area contributed by atoms with Gasteiger partial charge < -0.3 is 14.5 Å². The zero-order chi connectivity index (χ0) is 22.7. The highest BCUT2D eigenvalue weighted by atomic mass is 16.6. The number of anilines is 1. The molecule has 31 heavy (non-hydrogen) atoms. The van der Waals surface area contributed by atoms with Gasteiger partial charge in [-0.3, -0.25) is 9.59 Å². The first-order chi connectivity index (χ1) is 14.7. The van der Waals surface area contributed by atoms with Gasteiger partial charge in [-0.05, 0) is 57.9 Å². The van der Waals surface area contributed by atoms with Crippen LogP contribution < -0.4 is 5.32 Å². The van der Waals surface area contributed by atoms with Crippen molar-refractivity contribution in [3.63, 3.8) is 0 Å². The molecule has 160 valence electrons. The number of carbonyl (C=O) groups excluding carboxylic acids is 3. The first-order valence-electron chi connectivity index (χ1n) is 9.96. The Bertz CT molecular complexity index is 1120. The summed E-state index contributed by atoms with van der Waals surface area (Å²) in [7, 11) is 0. The topological polar surface area (TPSA) is 85.6 Å². The zero-order valence-electron chi connectivity index (χ0n) is 18.2. The Kier molecular flexibility index (Phi) is 6.39. The second kappa shape index (κ2) is 9.00. The van der Waals surface area contributed by atoms with Crippen LogP contribution in [0.1, 0.15) is 51.5 Å². The minimum atomic E-state index is -1.00. The third-order valence-corrected chi connectivity index (χ3v) is 4.96. The third-order valence-electron chi connectivity index (χ3n) is 4.96. The number of rotatable bonds is 6. The molecule has 1 amide bonds. The molecule has 0 aliphatic carbocycles. The molecule has 0 aliphatic rings. The predicted molar refractivity (Wildman–Crippen MR) is 118 cm³/mol. The van der Waals surface area contributed by atoms with Crippen molar-refractivity contribution in [1.29, 1.82) is 0 Å². The van der Waals surface area contributed by atoms with E-state index in [1.165, 1.54) is 19.9 Å². The van der Waals surface area contributed by atoms with Gasteiger partial charge in [0.15, 0.2) is 11.9 Å². The summed E-state index contributed by atoms with van der Waals surface area (Å²) in [4.78, 5) is 36.4. The van der Waals surface area contributed by atoms with Gasteiger partial charge in [-0.1, -0.05) is 42.0 Å². The van der Waals surface area contributed by atoms with Crippen molar-refractivity contribution in [3.05, 3.63) is 76.5 Å². The van der Waals surface area contributed by atoms with Gasteiger partial charge in [0.25, 0.3) is 5.91 Å². The molecule has 1 aromatic heterocycles. The van der Waals surface area contributed by atoms with Crippen molar-refractivity contribution in [3.8, 4) is 11.3 Å². The lowest BCUT2D eigenvalue weighted by atomic mass is 10.0. The number of benzene rings is 2. The van der Waals surface area contributed by atoms with Crippen LogP contribution in [0.2, 0.25) is 0 Å². The van der Waals surface area contributed by atoms with Gasteiger partial charge in [0.2, 0.25) is 5.76 Å². The highest BCUT2D eigenvalue weighted by Gasteiger charge is 2.22. The summed E-state index contributed by atoms with van der Waals surface area (Å²) in [5.41, 5.74) is 5.02. The maximum atomic E-state index is 12.5. The van der Waals surface area contributed by atoms with Crippen LogP contribution in [0, 0.1) is 20.8 Å². The van der Waals surface area contributed by atoms with Crippen molar-refractivity contribution in [2.45, 2.75) is 40.7 Å². The van der Waals surface area contributed by atoms with Crippen molar-refractivity contribution >= 4 is 23.3 Å². The fourth-order valence-electron chi connectivity index (χ4n) is 3.35. The highest BCUT2D eigenvalue weighted by Crippen LogP contribution is 2.24. The van der Waals surface area contributed by atoms with Gasteiger partial charge in [-0.15, -0.1) is 0 Å². The fourth-order valence-corrected chi connectivity index (χ4v) is 3.35. The lowest BCUT2D eigenvalue weighted by molar-refractivity contribution is -0.123. The highest BCUT2D eigenvalue weighted by molar-refractivity contribution is 5.98. The molecule has 0 saturated heterocycles. The van der Waals surface area contributed by atoms with Crippen LogP contribution >= 0.6 is 0 Å². The quantitative estimate of drug-likeness (QED) is 0.435. The van der Waals surface area contributed by atoms with Crippen LogP contribution in [0.3, 0.4) is 0 Å². The molecule has 0 aliphatic heterocycles. The fraction of sp³-hybridized carbons (Fsp3) is 0.240. The Morgan fingerprint density at radius 3 is 2.13 bits per heavy atom. The Balaban J connectivity index is 1.66. The lowest BCUT2D eigenvalue weighted by Crippen LogP contribution is -2.30. The van der Waals surface area contributed by atoms with Crippen molar-refractivity contribution < 1.29 is 23.5 Å². The van der Waals surface area contributed by atoms with Crippen LogP contribution in [-0.4, -0.2) is 23.8 Å². The molecule has 0 unspecified atom stereocenters. The molecule has 1 N–H and O–H groups in total. The van der Waals surface area contributed by atoms with E-state index in [9.17, 15) is 14.4 Å². The van der Waals surface area contributed by atoms with Crippen molar-refractivity contribution in [1.82, 2.24) is 0 Å². The molecule has 3 aromatic rings. The standard InChI is InChI=1S/C25H25NO5/c1-14-12-15(2)23(16(3)13-14)26-24(28)18(5)30-25(29)22-11-10-21(31-22)20-8-6-19(7-9-20)17(4)27/h6-13,18H,1-5H3,(H,26,28)/t18-/m0/s1. The van der Waals surface area contributed by atoms with Crippen LogP contribution in [0.4, 0.5) is 5.69 Å². The van der Waals surface area contributed by atoms with Gasteiger partial charge in [0, 0.05) is 16.8 Å². The van der Waals surface area contributed by atoms with Crippen LogP contribution in [-0.2, 0) is 9.53 Å². The maximum absolute atomic E-state index is 12.5. The van der Waals surface area contributed by atoms with Gasteiger partial charge in [0.1, 0.15) is 5.76 Å². The number of furan rings is 1. The summed E-state index contributed by atoms with van der Waals surface area (Å²) in [6, 6.07) is 14.0.